The SMILES string of the molecule is Cc1cc2npc3cc(C)c4ccccc4c3c2c2ccccc12. The minimum Gasteiger partial charge on any atom is -0.227 e. The van der Waals surface area contributed by atoms with Crippen LogP contribution in [0.3, 0.4) is 0 Å². The lowest BCUT2D eigenvalue weighted by Gasteiger charge is -2.12. The highest BCUT2D eigenvalue weighted by molar-refractivity contribution is 7.33. The van der Waals surface area contributed by atoms with Crippen molar-refractivity contribution in [3.63, 3.8) is 0 Å². The standard InChI is InChI=1S/C22H16NP/c1-13-11-19-21(17-9-5-3-7-15(13)17)22-18-10-6-4-8-16(18)14(2)12-20(22)24-23-19/h3-12H,1-2H3. The van der Waals surface area contributed by atoms with Gasteiger partial charge in [0, 0.05) is 24.2 Å². The molecule has 0 aliphatic heterocycles. The second-order valence-electron chi connectivity index (χ2n) is 6.47. The number of fused-ring (bicyclic) bond motifs is 7. The minimum atomic E-state index is 1.05. The van der Waals surface area contributed by atoms with Gasteiger partial charge in [0.25, 0.3) is 0 Å². The molecule has 0 aliphatic rings. The average Bonchev–Trinajstić information content (AvgIpc) is 2.62. The molecular weight excluding hydrogens is 309 g/mol. The first-order chi connectivity index (χ1) is 11.7. The summed E-state index contributed by atoms with van der Waals surface area (Å²) in [6.45, 7) is 4.37. The van der Waals surface area contributed by atoms with Crippen LogP contribution in [0.25, 0.3) is 43.0 Å². The van der Waals surface area contributed by atoms with Gasteiger partial charge in [-0.25, -0.2) is 4.75 Å². The predicted octanol–water partition coefficient (Wildman–Crippen LogP) is 6.89. The molecule has 24 heavy (non-hydrogen) atoms. The van der Waals surface area contributed by atoms with Gasteiger partial charge in [-0.05, 0) is 58.7 Å². The Hall–Kier alpha value is -2.50. The van der Waals surface area contributed by atoms with Crippen LogP contribution >= 0.6 is 8.35 Å². The van der Waals surface area contributed by atoms with Crippen LogP contribution in [0.1, 0.15) is 11.1 Å². The Morgan fingerprint density at radius 3 is 1.88 bits per heavy atom. The second-order valence-corrected chi connectivity index (χ2v) is 7.35. The number of hydrogen-bond acceptors (Lipinski definition) is 1. The van der Waals surface area contributed by atoms with Gasteiger partial charge in [0.2, 0.25) is 0 Å². The van der Waals surface area contributed by atoms with E-state index in [0.29, 0.717) is 0 Å². The van der Waals surface area contributed by atoms with Crippen LogP contribution in [0, 0.1) is 13.8 Å². The molecule has 1 nitrogen and oxygen atoms in total. The van der Waals surface area contributed by atoms with Crippen molar-refractivity contribution >= 4 is 51.3 Å². The van der Waals surface area contributed by atoms with Crippen molar-refractivity contribution in [1.29, 1.82) is 0 Å². The summed E-state index contributed by atoms with van der Waals surface area (Å²) in [6.07, 6.45) is 0. The zero-order valence-electron chi connectivity index (χ0n) is 13.7. The maximum absolute atomic E-state index is 4.87. The highest BCUT2D eigenvalue weighted by Crippen LogP contribution is 2.40. The topological polar surface area (TPSA) is 12.9 Å². The Kier molecular flexibility index (Phi) is 2.89. The van der Waals surface area contributed by atoms with Gasteiger partial charge in [0.1, 0.15) is 0 Å². The summed E-state index contributed by atoms with van der Waals surface area (Å²) in [4.78, 5) is 0. The van der Waals surface area contributed by atoms with Gasteiger partial charge in [-0.15, -0.1) is 0 Å². The number of aryl methyl sites for hydroxylation is 2. The monoisotopic (exact) mass is 325 g/mol. The third kappa shape index (κ3) is 1.82. The van der Waals surface area contributed by atoms with E-state index in [-0.39, 0.29) is 0 Å². The molecule has 0 unspecified atom stereocenters. The quantitative estimate of drug-likeness (QED) is 0.282. The molecule has 0 radical (unpaired) electrons. The number of benzene rings is 4. The molecule has 1 heterocycles. The molecule has 0 bridgehead atoms. The molecule has 0 fully saturated rings. The Labute approximate surface area is 142 Å². The summed E-state index contributed by atoms with van der Waals surface area (Å²) in [5, 5.41) is 9.27. The van der Waals surface area contributed by atoms with Gasteiger partial charge >= 0.3 is 0 Å². The van der Waals surface area contributed by atoms with E-state index in [2.05, 4.69) is 74.5 Å². The van der Waals surface area contributed by atoms with E-state index in [9.17, 15) is 0 Å². The van der Waals surface area contributed by atoms with Crippen LogP contribution in [-0.4, -0.2) is 4.75 Å². The molecule has 0 N–H and O–H groups in total. The molecule has 1 aromatic heterocycles. The second kappa shape index (κ2) is 5.00. The lowest BCUT2D eigenvalue weighted by atomic mass is 9.95. The van der Waals surface area contributed by atoms with E-state index >= 15 is 0 Å². The molecule has 0 amide bonds. The summed E-state index contributed by atoms with van der Waals surface area (Å²) in [5.41, 5.74) is 3.74. The van der Waals surface area contributed by atoms with Gasteiger partial charge in [-0.1, -0.05) is 48.5 Å². The molecule has 0 atom stereocenters. The maximum Gasteiger partial charge on any atom is 0.0767 e. The van der Waals surface area contributed by atoms with Crippen molar-refractivity contribution in [2.75, 3.05) is 0 Å². The van der Waals surface area contributed by atoms with Crippen LogP contribution in [0.15, 0.2) is 60.7 Å². The fourth-order valence-corrected chi connectivity index (χ4v) is 4.82. The molecule has 2 heteroatoms. The minimum absolute atomic E-state index is 1.05. The Balaban J connectivity index is 2.19. The van der Waals surface area contributed by atoms with Crippen LogP contribution in [0.2, 0.25) is 0 Å². The van der Waals surface area contributed by atoms with Crippen molar-refractivity contribution in [1.82, 2.24) is 4.75 Å². The van der Waals surface area contributed by atoms with E-state index < -0.39 is 0 Å². The summed E-state index contributed by atoms with van der Waals surface area (Å²) >= 11 is 0. The largest absolute Gasteiger partial charge is 0.227 e. The van der Waals surface area contributed by atoms with Gasteiger partial charge in [0.05, 0.1) is 5.52 Å². The zero-order valence-corrected chi connectivity index (χ0v) is 14.6. The van der Waals surface area contributed by atoms with E-state index in [1.807, 2.05) is 0 Å². The molecule has 0 saturated carbocycles. The smallest absolute Gasteiger partial charge is 0.0767 e. The number of rotatable bonds is 0. The van der Waals surface area contributed by atoms with Crippen LogP contribution in [-0.2, 0) is 0 Å². The summed E-state index contributed by atoms with van der Waals surface area (Å²) in [5.74, 6) is 0. The first-order valence-corrected chi connectivity index (χ1v) is 9.05. The van der Waals surface area contributed by atoms with Crippen molar-refractivity contribution in [3.8, 4) is 0 Å². The van der Waals surface area contributed by atoms with Crippen molar-refractivity contribution in [2.45, 2.75) is 13.8 Å². The van der Waals surface area contributed by atoms with Gasteiger partial charge in [0.15, 0.2) is 0 Å². The Morgan fingerprint density at radius 1 is 0.667 bits per heavy atom. The Morgan fingerprint density at radius 2 is 1.21 bits per heavy atom. The lowest BCUT2D eigenvalue weighted by Crippen LogP contribution is -1.87. The fourth-order valence-electron chi connectivity index (χ4n) is 3.87. The van der Waals surface area contributed by atoms with Gasteiger partial charge in [-0.2, -0.15) is 0 Å². The van der Waals surface area contributed by atoms with E-state index in [1.165, 1.54) is 48.6 Å². The molecule has 0 spiro atoms. The third-order valence-corrected chi connectivity index (χ3v) is 5.86. The highest BCUT2D eigenvalue weighted by Gasteiger charge is 2.12. The normalized spacial score (nSPS) is 12.1. The van der Waals surface area contributed by atoms with Crippen LogP contribution in [0.5, 0.6) is 0 Å². The first-order valence-electron chi connectivity index (χ1n) is 8.21. The third-order valence-electron chi connectivity index (χ3n) is 4.98. The molecule has 5 aromatic rings. The summed E-state index contributed by atoms with van der Waals surface area (Å²) < 4.78 is 4.87. The zero-order chi connectivity index (χ0) is 16.3. The summed E-state index contributed by atoms with van der Waals surface area (Å²) in [7, 11) is 1.05. The molecule has 0 saturated heterocycles. The number of aromatic nitrogens is 1. The first kappa shape index (κ1) is 13.9. The van der Waals surface area contributed by atoms with Gasteiger partial charge in [-0.3, -0.25) is 0 Å². The van der Waals surface area contributed by atoms with Crippen molar-refractivity contribution in [2.24, 2.45) is 0 Å². The van der Waals surface area contributed by atoms with Crippen molar-refractivity contribution < 1.29 is 0 Å². The molecular formula is C22H16NP. The molecule has 5 rings (SSSR count). The van der Waals surface area contributed by atoms with Crippen molar-refractivity contribution in [3.05, 3.63) is 71.8 Å². The molecule has 114 valence electrons. The van der Waals surface area contributed by atoms with Gasteiger partial charge < -0.3 is 0 Å². The van der Waals surface area contributed by atoms with Crippen LogP contribution in [0.4, 0.5) is 0 Å². The van der Waals surface area contributed by atoms with E-state index in [1.54, 1.807) is 0 Å². The fraction of sp³-hybridized carbons (Fsp3) is 0.0909. The van der Waals surface area contributed by atoms with E-state index in [4.69, 9.17) is 4.75 Å². The number of hydrogen-bond donors (Lipinski definition) is 0. The lowest BCUT2D eigenvalue weighted by molar-refractivity contribution is 1.53. The Bertz CT molecular complexity index is 1170. The van der Waals surface area contributed by atoms with E-state index in [0.717, 1.165) is 13.9 Å². The molecule has 4 aromatic carbocycles. The summed E-state index contributed by atoms with van der Waals surface area (Å²) in [6, 6.07) is 22.0. The predicted molar refractivity (Wildman–Crippen MR) is 106 cm³/mol. The number of nitrogens with zero attached hydrogens (tertiary/aromatic N) is 1. The average molecular weight is 325 g/mol. The molecule has 0 aliphatic carbocycles. The highest BCUT2D eigenvalue weighted by atomic mass is 31.0. The maximum atomic E-state index is 4.87. The van der Waals surface area contributed by atoms with Crippen LogP contribution < -0.4 is 0 Å².